The van der Waals surface area contributed by atoms with E-state index in [-0.39, 0.29) is 16.5 Å². The molecule has 1 amide bonds. The van der Waals surface area contributed by atoms with E-state index in [1.807, 2.05) is 0 Å². The SMILES string of the molecule is NC1C(=O)N2C(CCC2C(=O)O)SC1C1CCCCC1. The van der Waals surface area contributed by atoms with Gasteiger partial charge in [0.1, 0.15) is 6.04 Å². The highest BCUT2D eigenvalue weighted by Crippen LogP contribution is 2.45. The lowest BCUT2D eigenvalue weighted by Crippen LogP contribution is -2.60. The molecule has 2 heterocycles. The van der Waals surface area contributed by atoms with Gasteiger partial charge in [-0.2, -0.15) is 0 Å². The van der Waals surface area contributed by atoms with E-state index in [1.54, 1.807) is 11.8 Å². The summed E-state index contributed by atoms with van der Waals surface area (Å²) < 4.78 is 0. The summed E-state index contributed by atoms with van der Waals surface area (Å²) in [5.74, 6) is -0.516. The van der Waals surface area contributed by atoms with E-state index in [2.05, 4.69) is 0 Å². The summed E-state index contributed by atoms with van der Waals surface area (Å²) in [4.78, 5) is 25.3. The van der Waals surface area contributed by atoms with Crippen LogP contribution in [-0.4, -0.2) is 44.6 Å². The number of carboxylic acids is 1. The summed E-state index contributed by atoms with van der Waals surface area (Å²) in [7, 11) is 0. The van der Waals surface area contributed by atoms with Gasteiger partial charge in [-0.15, -0.1) is 11.8 Å². The first-order chi connectivity index (χ1) is 9.59. The molecule has 3 rings (SSSR count). The molecule has 1 aliphatic carbocycles. The van der Waals surface area contributed by atoms with Crippen LogP contribution in [0.25, 0.3) is 0 Å². The van der Waals surface area contributed by atoms with Crippen LogP contribution < -0.4 is 5.73 Å². The van der Waals surface area contributed by atoms with Gasteiger partial charge in [0.25, 0.3) is 0 Å². The maximum absolute atomic E-state index is 12.5. The lowest BCUT2D eigenvalue weighted by atomic mass is 9.84. The first-order valence-corrected chi connectivity index (χ1v) is 8.50. The first kappa shape index (κ1) is 14.2. The molecule has 0 aromatic rings. The lowest BCUT2D eigenvalue weighted by Gasteiger charge is -2.43. The van der Waals surface area contributed by atoms with Gasteiger partial charge in [0.2, 0.25) is 5.91 Å². The van der Waals surface area contributed by atoms with Gasteiger partial charge in [-0.1, -0.05) is 19.3 Å². The second-order valence-corrected chi connectivity index (χ2v) is 7.52. The highest BCUT2D eigenvalue weighted by atomic mass is 32.2. The zero-order valence-electron chi connectivity index (χ0n) is 11.5. The Kier molecular flexibility index (Phi) is 3.95. The van der Waals surface area contributed by atoms with E-state index in [0.717, 1.165) is 19.3 Å². The van der Waals surface area contributed by atoms with E-state index >= 15 is 0 Å². The fourth-order valence-electron chi connectivity index (χ4n) is 3.90. The summed E-state index contributed by atoms with van der Waals surface area (Å²) in [6.07, 6.45) is 7.41. The van der Waals surface area contributed by atoms with Crippen LogP contribution in [0.5, 0.6) is 0 Å². The molecule has 6 heteroatoms. The second kappa shape index (κ2) is 5.56. The van der Waals surface area contributed by atoms with Crippen LogP contribution in [0.15, 0.2) is 0 Å². The molecular weight excluding hydrogens is 276 g/mol. The number of carbonyl (C=O) groups excluding carboxylic acids is 1. The minimum Gasteiger partial charge on any atom is -0.480 e. The minimum absolute atomic E-state index is 0.0235. The fourth-order valence-corrected chi connectivity index (χ4v) is 5.69. The molecule has 0 aromatic heterocycles. The normalized spacial score (nSPS) is 38.9. The van der Waals surface area contributed by atoms with Gasteiger partial charge in [-0.3, -0.25) is 4.79 Å². The Morgan fingerprint density at radius 1 is 1.20 bits per heavy atom. The highest BCUT2D eigenvalue weighted by Gasteiger charge is 2.50. The summed E-state index contributed by atoms with van der Waals surface area (Å²) in [6.45, 7) is 0. The molecule has 3 fully saturated rings. The Balaban J connectivity index is 1.76. The number of amides is 1. The van der Waals surface area contributed by atoms with Crippen LogP contribution in [0.2, 0.25) is 0 Å². The molecule has 2 aliphatic heterocycles. The molecule has 4 atom stereocenters. The summed E-state index contributed by atoms with van der Waals surface area (Å²) in [5, 5.41) is 9.43. The number of thioether (sulfide) groups is 1. The van der Waals surface area contributed by atoms with Gasteiger partial charge in [0.15, 0.2) is 0 Å². The van der Waals surface area contributed by atoms with E-state index in [4.69, 9.17) is 5.73 Å². The summed E-state index contributed by atoms with van der Waals surface area (Å²) in [5.41, 5.74) is 6.17. The molecular formula is C14H22N2O3S. The van der Waals surface area contributed by atoms with Crippen LogP contribution in [0.4, 0.5) is 0 Å². The largest absolute Gasteiger partial charge is 0.480 e. The van der Waals surface area contributed by atoms with Gasteiger partial charge in [0.05, 0.1) is 11.4 Å². The van der Waals surface area contributed by atoms with Gasteiger partial charge in [-0.25, -0.2) is 4.79 Å². The molecule has 5 nitrogen and oxygen atoms in total. The predicted octanol–water partition coefficient (Wildman–Crippen LogP) is 1.41. The van der Waals surface area contributed by atoms with Crippen molar-refractivity contribution < 1.29 is 14.7 Å². The van der Waals surface area contributed by atoms with Crippen LogP contribution in [-0.2, 0) is 9.59 Å². The van der Waals surface area contributed by atoms with Crippen molar-refractivity contribution in [3.05, 3.63) is 0 Å². The number of nitrogens with zero attached hydrogens (tertiary/aromatic N) is 1. The standard InChI is InChI=1S/C14H22N2O3S/c15-11-12(8-4-2-1-3-5-8)20-10-7-6-9(14(18)19)16(10)13(11)17/h8-12H,1-7,15H2,(H,18,19). The zero-order valence-corrected chi connectivity index (χ0v) is 12.3. The van der Waals surface area contributed by atoms with Crippen LogP contribution in [0.3, 0.4) is 0 Å². The minimum atomic E-state index is -0.898. The van der Waals surface area contributed by atoms with E-state index in [0.29, 0.717) is 12.3 Å². The number of hydrogen-bond donors (Lipinski definition) is 2. The number of nitrogens with two attached hydrogens (primary N) is 1. The number of carboxylic acid groups (broad SMARTS) is 1. The fraction of sp³-hybridized carbons (Fsp3) is 0.857. The molecule has 0 aromatic carbocycles. The number of hydrogen-bond acceptors (Lipinski definition) is 4. The highest BCUT2D eigenvalue weighted by molar-refractivity contribution is 8.00. The van der Waals surface area contributed by atoms with Gasteiger partial charge >= 0.3 is 5.97 Å². The maximum atomic E-state index is 12.5. The molecule has 0 bridgehead atoms. The first-order valence-electron chi connectivity index (χ1n) is 7.55. The topological polar surface area (TPSA) is 83.6 Å². The van der Waals surface area contributed by atoms with Crippen LogP contribution in [0.1, 0.15) is 44.9 Å². The van der Waals surface area contributed by atoms with Crippen molar-refractivity contribution in [1.82, 2.24) is 4.90 Å². The third kappa shape index (κ3) is 2.33. The molecule has 1 saturated carbocycles. The van der Waals surface area contributed by atoms with Crippen molar-refractivity contribution in [1.29, 1.82) is 0 Å². The molecule has 2 saturated heterocycles. The zero-order chi connectivity index (χ0) is 14.3. The second-order valence-electron chi connectivity index (χ2n) is 6.16. The van der Waals surface area contributed by atoms with Gasteiger partial charge < -0.3 is 15.7 Å². The maximum Gasteiger partial charge on any atom is 0.326 e. The number of carbonyl (C=O) groups is 2. The third-order valence-corrected chi connectivity index (χ3v) is 6.71. The van der Waals surface area contributed by atoms with Crippen LogP contribution >= 0.6 is 11.8 Å². The lowest BCUT2D eigenvalue weighted by molar-refractivity contribution is -0.149. The smallest absolute Gasteiger partial charge is 0.326 e. The molecule has 3 N–H and O–H groups in total. The Labute approximate surface area is 123 Å². The molecule has 112 valence electrons. The van der Waals surface area contributed by atoms with Crippen molar-refractivity contribution in [2.24, 2.45) is 11.7 Å². The van der Waals surface area contributed by atoms with Crippen LogP contribution in [0, 0.1) is 5.92 Å². The molecule has 0 radical (unpaired) electrons. The number of rotatable bonds is 2. The average molecular weight is 298 g/mol. The molecule has 0 spiro atoms. The van der Waals surface area contributed by atoms with Crippen molar-refractivity contribution in [2.75, 3.05) is 0 Å². The molecule has 4 unspecified atom stereocenters. The molecule has 20 heavy (non-hydrogen) atoms. The van der Waals surface area contributed by atoms with E-state index < -0.39 is 18.1 Å². The monoisotopic (exact) mass is 298 g/mol. The predicted molar refractivity (Wildman–Crippen MR) is 77.2 cm³/mol. The Hall–Kier alpha value is -0.750. The van der Waals surface area contributed by atoms with Crippen molar-refractivity contribution >= 4 is 23.6 Å². The molecule has 3 aliphatic rings. The number of fused-ring (bicyclic) bond motifs is 1. The number of aliphatic carboxylic acids is 1. The Morgan fingerprint density at radius 2 is 1.90 bits per heavy atom. The summed E-state index contributed by atoms with van der Waals surface area (Å²) in [6, 6.07) is -1.20. The Bertz CT molecular complexity index is 411. The quantitative estimate of drug-likeness (QED) is 0.805. The van der Waals surface area contributed by atoms with Gasteiger partial charge in [-0.05, 0) is 31.6 Å². The van der Waals surface area contributed by atoms with E-state index in [9.17, 15) is 14.7 Å². The van der Waals surface area contributed by atoms with Gasteiger partial charge in [0, 0.05) is 5.25 Å². The van der Waals surface area contributed by atoms with Crippen molar-refractivity contribution in [3.63, 3.8) is 0 Å². The average Bonchev–Trinajstić information content (AvgIpc) is 2.88. The van der Waals surface area contributed by atoms with Crippen molar-refractivity contribution in [3.8, 4) is 0 Å². The Morgan fingerprint density at radius 3 is 2.55 bits per heavy atom. The summed E-state index contributed by atoms with van der Waals surface area (Å²) >= 11 is 1.76. The van der Waals surface area contributed by atoms with Crippen molar-refractivity contribution in [2.45, 2.75) is 67.7 Å². The third-order valence-electron chi connectivity index (χ3n) is 4.94. The van der Waals surface area contributed by atoms with E-state index in [1.165, 1.54) is 24.2 Å².